The van der Waals surface area contributed by atoms with E-state index in [1.54, 1.807) is 0 Å². The molecular formula is C25H27BrN2O2S. The molecule has 2 fully saturated rings. The molecular weight excluding hydrogens is 472 g/mol. The number of nitrogens with zero attached hydrogens (tertiary/aromatic N) is 2. The average molecular weight is 499 g/mol. The lowest BCUT2D eigenvalue weighted by Crippen LogP contribution is -2.41. The number of thiocarbonyl (C=S) groups is 1. The summed E-state index contributed by atoms with van der Waals surface area (Å²) in [6.07, 6.45) is 7.49. The smallest absolute Gasteiger partial charge is 0.277 e. The minimum absolute atomic E-state index is 0.0103. The number of hydrogen-bond acceptors (Lipinski definition) is 3. The van der Waals surface area contributed by atoms with Gasteiger partial charge in [-0.05, 0) is 61.8 Å². The van der Waals surface area contributed by atoms with Crippen LogP contribution < -0.4 is 4.74 Å². The Morgan fingerprint density at radius 3 is 2.55 bits per heavy atom. The fraction of sp³-hybridized carbons (Fsp3) is 0.360. The van der Waals surface area contributed by atoms with Gasteiger partial charge in [0.15, 0.2) is 5.11 Å². The lowest BCUT2D eigenvalue weighted by molar-refractivity contribution is -0.124. The third-order valence-electron chi connectivity index (χ3n) is 6.01. The Morgan fingerprint density at radius 2 is 1.84 bits per heavy atom. The number of carbonyl (C=O) groups is 1. The second-order valence-corrected chi connectivity index (χ2v) is 9.58. The Hall–Kier alpha value is -2.18. The van der Waals surface area contributed by atoms with Crippen LogP contribution >= 0.6 is 28.1 Å². The molecule has 2 aliphatic rings. The second-order valence-electron chi connectivity index (χ2n) is 8.29. The third-order valence-corrected chi connectivity index (χ3v) is 6.97. The molecule has 0 radical (unpaired) electrons. The van der Waals surface area contributed by atoms with Crippen LogP contribution in [-0.2, 0) is 11.4 Å². The van der Waals surface area contributed by atoms with Crippen molar-refractivity contribution in [1.29, 1.82) is 0 Å². The molecule has 4 nitrogen and oxygen atoms in total. The molecule has 1 aliphatic carbocycles. The SMILES string of the molecule is Cc1ccc(COc2ccc(Br)cc2/C=C2/C(=O)N(C3CCCCC3)C(=S)N2C)cc1. The van der Waals surface area contributed by atoms with Gasteiger partial charge in [0.25, 0.3) is 5.91 Å². The van der Waals surface area contributed by atoms with Gasteiger partial charge in [-0.15, -0.1) is 0 Å². The summed E-state index contributed by atoms with van der Waals surface area (Å²) in [6.45, 7) is 2.54. The first-order valence-corrected chi connectivity index (χ1v) is 11.9. The van der Waals surface area contributed by atoms with Crippen LogP contribution in [0.25, 0.3) is 6.08 Å². The molecule has 2 aromatic rings. The highest BCUT2D eigenvalue weighted by Gasteiger charge is 2.40. The fourth-order valence-electron chi connectivity index (χ4n) is 4.19. The average Bonchev–Trinajstić information content (AvgIpc) is 2.98. The van der Waals surface area contributed by atoms with E-state index in [9.17, 15) is 4.79 Å². The summed E-state index contributed by atoms with van der Waals surface area (Å²) in [5, 5.41) is 0.597. The van der Waals surface area contributed by atoms with Gasteiger partial charge in [-0.2, -0.15) is 0 Å². The molecule has 0 N–H and O–H groups in total. The maximum absolute atomic E-state index is 13.3. The molecule has 0 aromatic heterocycles. The van der Waals surface area contributed by atoms with E-state index in [1.165, 1.54) is 12.0 Å². The van der Waals surface area contributed by atoms with Crippen molar-refractivity contribution >= 4 is 45.2 Å². The molecule has 6 heteroatoms. The van der Waals surface area contributed by atoms with Gasteiger partial charge in [-0.1, -0.05) is 65.0 Å². The second kappa shape index (κ2) is 9.53. The predicted octanol–water partition coefficient (Wildman–Crippen LogP) is 6.07. The molecule has 1 heterocycles. The van der Waals surface area contributed by atoms with Crippen LogP contribution in [0.5, 0.6) is 5.75 Å². The molecule has 31 heavy (non-hydrogen) atoms. The topological polar surface area (TPSA) is 32.8 Å². The van der Waals surface area contributed by atoms with E-state index in [4.69, 9.17) is 17.0 Å². The lowest BCUT2D eigenvalue weighted by Gasteiger charge is -2.30. The summed E-state index contributed by atoms with van der Waals surface area (Å²) in [6, 6.07) is 14.4. The van der Waals surface area contributed by atoms with Gasteiger partial charge < -0.3 is 9.64 Å². The number of aryl methyl sites for hydroxylation is 1. The largest absolute Gasteiger partial charge is 0.488 e. The van der Waals surface area contributed by atoms with E-state index in [1.807, 2.05) is 41.1 Å². The highest BCUT2D eigenvalue weighted by molar-refractivity contribution is 9.10. The molecule has 0 spiro atoms. The van der Waals surface area contributed by atoms with Crippen LogP contribution in [0.4, 0.5) is 0 Å². The van der Waals surface area contributed by atoms with Crippen LogP contribution in [0.1, 0.15) is 48.8 Å². The van der Waals surface area contributed by atoms with E-state index in [0.29, 0.717) is 17.4 Å². The number of ether oxygens (including phenoxy) is 1. The molecule has 0 bridgehead atoms. The Balaban J connectivity index is 1.59. The van der Waals surface area contributed by atoms with Gasteiger partial charge in [0.05, 0.1) is 0 Å². The van der Waals surface area contributed by atoms with Crippen LogP contribution in [0, 0.1) is 6.92 Å². The zero-order valence-corrected chi connectivity index (χ0v) is 20.3. The van der Waals surface area contributed by atoms with Crippen molar-refractivity contribution in [2.75, 3.05) is 7.05 Å². The predicted molar refractivity (Wildman–Crippen MR) is 132 cm³/mol. The summed E-state index contributed by atoms with van der Waals surface area (Å²) in [5.74, 6) is 0.725. The number of carbonyl (C=O) groups excluding carboxylic acids is 1. The van der Waals surface area contributed by atoms with Crippen LogP contribution in [0.3, 0.4) is 0 Å². The van der Waals surface area contributed by atoms with Crippen LogP contribution in [0.2, 0.25) is 0 Å². The first-order chi connectivity index (χ1) is 14.9. The number of hydrogen-bond donors (Lipinski definition) is 0. The Kier molecular flexibility index (Phi) is 6.77. The molecule has 0 unspecified atom stereocenters. The quantitative estimate of drug-likeness (QED) is 0.369. The van der Waals surface area contributed by atoms with Gasteiger partial charge in [-0.25, -0.2) is 0 Å². The number of halogens is 1. The maximum atomic E-state index is 13.3. The Bertz CT molecular complexity index is 1010. The minimum atomic E-state index is -0.0103. The summed E-state index contributed by atoms with van der Waals surface area (Å²) >= 11 is 9.19. The number of benzene rings is 2. The number of likely N-dealkylation sites (N-methyl/N-ethyl adjacent to an activating group) is 1. The maximum Gasteiger partial charge on any atom is 0.277 e. The molecule has 162 valence electrons. The number of rotatable bonds is 5. The van der Waals surface area contributed by atoms with E-state index < -0.39 is 0 Å². The van der Waals surface area contributed by atoms with Crippen molar-refractivity contribution < 1.29 is 9.53 Å². The Morgan fingerprint density at radius 1 is 1.13 bits per heavy atom. The van der Waals surface area contributed by atoms with Crippen molar-refractivity contribution in [2.45, 2.75) is 51.7 Å². The normalized spacial score (nSPS) is 18.9. The van der Waals surface area contributed by atoms with Gasteiger partial charge in [0.1, 0.15) is 18.1 Å². The highest BCUT2D eigenvalue weighted by Crippen LogP contribution is 2.33. The van der Waals surface area contributed by atoms with Crippen molar-refractivity contribution in [2.24, 2.45) is 0 Å². The van der Waals surface area contributed by atoms with E-state index >= 15 is 0 Å². The van der Waals surface area contributed by atoms with Crippen molar-refractivity contribution in [3.63, 3.8) is 0 Å². The Labute approximate surface area is 198 Å². The van der Waals surface area contributed by atoms with Gasteiger partial charge >= 0.3 is 0 Å². The highest BCUT2D eigenvalue weighted by atomic mass is 79.9. The first-order valence-electron chi connectivity index (χ1n) is 10.7. The van der Waals surface area contributed by atoms with Crippen LogP contribution in [-0.4, -0.2) is 33.9 Å². The molecule has 4 rings (SSSR count). The molecule has 1 saturated heterocycles. The van der Waals surface area contributed by atoms with Gasteiger partial charge in [0, 0.05) is 23.1 Å². The third kappa shape index (κ3) is 4.85. The van der Waals surface area contributed by atoms with E-state index in [0.717, 1.165) is 47.0 Å². The lowest BCUT2D eigenvalue weighted by atomic mass is 9.94. The van der Waals surface area contributed by atoms with Crippen molar-refractivity contribution in [1.82, 2.24) is 9.80 Å². The van der Waals surface area contributed by atoms with Crippen LogP contribution in [0.15, 0.2) is 52.6 Å². The zero-order valence-electron chi connectivity index (χ0n) is 17.9. The summed E-state index contributed by atoms with van der Waals surface area (Å²) in [4.78, 5) is 17.0. The molecule has 1 saturated carbocycles. The standard InChI is InChI=1S/C25H27BrN2O2S/c1-17-8-10-18(11-9-17)16-30-23-13-12-20(26)14-19(23)15-22-24(29)28(25(31)27(22)2)21-6-4-3-5-7-21/h8-15,21H,3-7,16H2,1-2H3/b22-15-. The minimum Gasteiger partial charge on any atom is -0.488 e. The summed E-state index contributed by atoms with van der Waals surface area (Å²) in [7, 11) is 1.87. The summed E-state index contributed by atoms with van der Waals surface area (Å²) < 4.78 is 7.06. The molecule has 0 atom stereocenters. The first kappa shape index (κ1) is 22.0. The molecule has 1 aliphatic heterocycles. The molecule has 1 amide bonds. The monoisotopic (exact) mass is 498 g/mol. The van der Waals surface area contributed by atoms with Gasteiger partial charge in [0.2, 0.25) is 0 Å². The molecule has 2 aromatic carbocycles. The van der Waals surface area contributed by atoms with Crippen molar-refractivity contribution in [3.05, 3.63) is 69.3 Å². The van der Waals surface area contributed by atoms with Gasteiger partial charge in [-0.3, -0.25) is 9.69 Å². The fourth-order valence-corrected chi connectivity index (χ4v) is 4.90. The van der Waals surface area contributed by atoms with E-state index in [2.05, 4.69) is 47.1 Å². The zero-order chi connectivity index (χ0) is 22.0. The van der Waals surface area contributed by atoms with Crippen molar-refractivity contribution in [3.8, 4) is 5.75 Å². The number of amides is 1. The summed E-state index contributed by atoms with van der Waals surface area (Å²) in [5.41, 5.74) is 3.77. The van der Waals surface area contributed by atoms with E-state index in [-0.39, 0.29) is 11.9 Å².